The number of hydrogen-bond acceptors (Lipinski definition) is 3. The van der Waals surface area contributed by atoms with Gasteiger partial charge in [0, 0.05) is 6.92 Å². The summed E-state index contributed by atoms with van der Waals surface area (Å²) in [4.78, 5) is 10.2. The predicted molar refractivity (Wildman–Crippen MR) is 82.9 cm³/mol. The highest BCUT2D eigenvalue weighted by molar-refractivity contribution is 7.92. The third-order valence-electron chi connectivity index (χ3n) is 2.71. The second kappa shape index (κ2) is 6.51. The van der Waals surface area contributed by atoms with E-state index in [0.717, 1.165) is 6.07 Å². The van der Waals surface area contributed by atoms with Crippen molar-refractivity contribution >= 4 is 38.9 Å². The Labute approximate surface area is 136 Å². The molecule has 0 spiro atoms. The van der Waals surface area contributed by atoms with Gasteiger partial charge in [-0.2, -0.15) is 0 Å². The normalized spacial score (nSPS) is 11.1. The van der Waals surface area contributed by atoms with Crippen molar-refractivity contribution in [3.63, 3.8) is 0 Å². The molecule has 0 unspecified atom stereocenters. The van der Waals surface area contributed by atoms with Crippen LogP contribution in [0.3, 0.4) is 0 Å². The van der Waals surface area contributed by atoms with Crippen LogP contribution in [0.2, 0.25) is 5.02 Å². The Balaban J connectivity index is 2.37. The molecule has 2 aromatic carbocycles. The van der Waals surface area contributed by atoms with Crippen molar-refractivity contribution in [2.24, 2.45) is 0 Å². The summed E-state index contributed by atoms with van der Waals surface area (Å²) < 4.78 is 53.2. The van der Waals surface area contributed by atoms with Crippen molar-refractivity contribution in [3.05, 3.63) is 53.1 Å². The molecule has 2 rings (SSSR count). The maximum atomic E-state index is 13.6. The van der Waals surface area contributed by atoms with Crippen LogP contribution in [0, 0.1) is 11.6 Å². The Morgan fingerprint density at radius 1 is 1.13 bits per heavy atom. The average molecular weight is 361 g/mol. The molecule has 9 heteroatoms. The number of rotatable bonds is 4. The van der Waals surface area contributed by atoms with Crippen LogP contribution in [0.1, 0.15) is 6.92 Å². The van der Waals surface area contributed by atoms with E-state index in [1.54, 1.807) is 0 Å². The molecule has 0 aliphatic rings. The highest BCUT2D eigenvalue weighted by Crippen LogP contribution is 2.27. The highest BCUT2D eigenvalue weighted by Gasteiger charge is 2.20. The Morgan fingerprint density at radius 3 is 2.48 bits per heavy atom. The first-order chi connectivity index (χ1) is 10.7. The molecule has 5 nitrogen and oxygen atoms in total. The summed E-state index contributed by atoms with van der Waals surface area (Å²) >= 11 is 5.87. The average Bonchev–Trinajstić information content (AvgIpc) is 2.44. The molecule has 0 radical (unpaired) electrons. The van der Waals surface area contributed by atoms with Gasteiger partial charge in [-0.15, -0.1) is 0 Å². The van der Waals surface area contributed by atoms with E-state index in [1.807, 2.05) is 0 Å². The van der Waals surface area contributed by atoms with Crippen molar-refractivity contribution in [2.75, 3.05) is 10.0 Å². The number of halogens is 3. The zero-order valence-corrected chi connectivity index (χ0v) is 13.3. The molecule has 122 valence electrons. The zero-order chi connectivity index (χ0) is 17.2. The smallest absolute Gasteiger partial charge is 0.264 e. The Hall–Kier alpha value is -2.19. The van der Waals surface area contributed by atoms with Gasteiger partial charge in [0.1, 0.15) is 16.5 Å². The standard InChI is InChI=1S/C14H11ClF2N2O3S/c1-8(20)18-13-7-10(3-4-11(13)15)19-23(21,22)14-6-9(16)2-5-12(14)17/h2-7,19H,1H3,(H,18,20). The van der Waals surface area contributed by atoms with Gasteiger partial charge in [0.05, 0.1) is 16.4 Å². The number of sulfonamides is 1. The summed E-state index contributed by atoms with van der Waals surface area (Å²) in [6.07, 6.45) is 0. The third kappa shape index (κ3) is 4.17. The maximum Gasteiger partial charge on any atom is 0.264 e. The molecule has 2 N–H and O–H groups in total. The zero-order valence-electron chi connectivity index (χ0n) is 11.7. The Morgan fingerprint density at radius 2 is 1.83 bits per heavy atom. The van der Waals surface area contributed by atoms with Gasteiger partial charge in [0.2, 0.25) is 5.91 Å². The number of carbonyl (C=O) groups is 1. The lowest BCUT2D eigenvalue weighted by Gasteiger charge is -2.11. The summed E-state index contributed by atoms with van der Waals surface area (Å²) in [7, 11) is -4.35. The SMILES string of the molecule is CC(=O)Nc1cc(NS(=O)(=O)c2cc(F)ccc2F)ccc1Cl. The van der Waals surface area contributed by atoms with E-state index < -0.39 is 32.5 Å². The van der Waals surface area contributed by atoms with Crippen LogP contribution < -0.4 is 10.0 Å². The largest absolute Gasteiger partial charge is 0.325 e. The molecule has 0 fully saturated rings. The fourth-order valence-corrected chi connectivity index (χ4v) is 3.07. The van der Waals surface area contributed by atoms with Gasteiger partial charge < -0.3 is 5.32 Å². The number of carbonyl (C=O) groups excluding carboxylic acids is 1. The fourth-order valence-electron chi connectivity index (χ4n) is 1.77. The van der Waals surface area contributed by atoms with E-state index in [-0.39, 0.29) is 16.4 Å². The maximum absolute atomic E-state index is 13.6. The molecular weight excluding hydrogens is 350 g/mol. The van der Waals surface area contributed by atoms with Gasteiger partial charge in [-0.1, -0.05) is 11.6 Å². The van der Waals surface area contributed by atoms with Crippen LogP contribution in [0.25, 0.3) is 0 Å². The van der Waals surface area contributed by atoms with Crippen LogP contribution in [0.15, 0.2) is 41.3 Å². The van der Waals surface area contributed by atoms with E-state index in [1.165, 1.54) is 25.1 Å². The highest BCUT2D eigenvalue weighted by atomic mass is 35.5. The van der Waals surface area contributed by atoms with Crippen LogP contribution in [-0.4, -0.2) is 14.3 Å². The minimum absolute atomic E-state index is 0.0295. The Bertz CT molecular complexity index is 872. The quantitative estimate of drug-likeness (QED) is 0.877. The molecule has 0 saturated carbocycles. The lowest BCUT2D eigenvalue weighted by Crippen LogP contribution is -2.15. The summed E-state index contributed by atoms with van der Waals surface area (Å²) in [6.45, 7) is 1.26. The molecule has 0 bridgehead atoms. The van der Waals surface area contributed by atoms with Crippen LogP contribution in [0.5, 0.6) is 0 Å². The van der Waals surface area contributed by atoms with Crippen LogP contribution >= 0.6 is 11.6 Å². The fraction of sp³-hybridized carbons (Fsp3) is 0.0714. The van der Waals surface area contributed by atoms with Gasteiger partial charge >= 0.3 is 0 Å². The van der Waals surface area contributed by atoms with Gasteiger partial charge in [-0.25, -0.2) is 17.2 Å². The monoisotopic (exact) mass is 360 g/mol. The molecule has 0 aliphatic heterocycles. The molecule has 0 heterocycles. The minimum atomic E-state index is -4.35. The van der Waals surface area contributed by atoms with Crippen molar-refractivity contribution in [1.82, 2.24) is 0 Å². The molecule has 0 aliphatic carbocycles. The van der Waals surface area contributed by atoms with Crippen molar-refractivity contribution < 1.29 is 22.0 Å². The van der Waals surface area contributed by atoms with E-state index in [2.05, 4.69) is 10.0 Å². The van der Waals surface area contributed by atoms with Gasteiger partial charge in [-0.3, -0.25) is 9.52 Å². The molecule has 2 aromatic rings. The second-order valence-electron chi connectivity index (χ2n) is 4.56. The molecule has 0 aromatic heterocycles. The first-order valence-corrected chi connectivity index (χ1v) is 8.10. The number of anilines is 2. The first kappa shape index (κ1) is 17.2. The number of benzene rings is 2. The summed E-state index contributed by atoms with van der Waals surface area (Å²) in [5, 5.41) is 2.61. The van der Waals surface area contributed by atoms with E-state index in [9.17, 15) is 22.0 Å². The lowest BCUT2D eigenvalue weighted by atomic mass is 10.3. The number of amides is 1. The molecule has 0 atom stereocenters. The van der Waals surface area contributed by atoms with E-state index in [0.29, 0.717) is 12.1 Å². The second-order valence-corrected chi connectivity index (χ2v) is 6.61. The topological polar surface area (TPSA) is 75.3 Å². The van der Waals surface area contributed by atoms with E-state index >= 15 is 0 Å². The number of nitrogens with one attached hydrogen (secondary N) is 2. The van der Waals surface area contributed by atoms with Crippen molar-refractivity contribution in [1.29, 1.82) is 0 Å². The molecular formula is C14H11ClF2N2O3S. The van der Waals surface area contributed by atoms with Crippen LogP contribution in [-0.2, 0) is 14.8 Å². The lowest BCUT2D eigenvalue weighted by molar-refractivity contribution is -0.114. The summed E-state index contributed by atoms with van der Waals surface area (Å²) in [5.74, 6) is -2.38. The van der Waals surface area contributed by atoms with Gasteiger partial charge in [0.15, 0.2) is 0 Å². The molecule has 23 heavy (non-hydrogen) atoms. The first-order valence-electron chi connectivity index (χ1n) is 6.24. The van der Waals surface area contributed by atoms with Crippen LogP contribution in [0.4, 0.5) is 20.2 Å². The van der Waals surface area contributed by atoms with E-state index in [4.69, 9.17) is 11.6 Å². The van der Waals surface area contributed by atoms with Gasteiger partial charge in [0.25, 0.3) is 10.0 Å². The molecule has 0 saturated heterocycles. The third-order valence-corrected chi connectivity index (χ3v) is 4.44. The van der Waals surface area contributed by atoms with Gasteiger partial charge in [-0.05, 0) is 36.4 Å². The van der Waals surface area contributed by atoms with Crippen molar-refractivity contribution in [3.8, 4) is 0 Å². The van der Waals surface area contributed by atoms with Crippen molar-refractivity contribution in [2.45, 2.75) is 11.8 Å². The summed E-state index contributed by atoms with van der Waals surface area (Å²) in [5.41, 5.74) is 0.209. The number of hydrogen-bond donors (Lipinski definition) is 2. The molecule has 1 amide bonds. The minimum Gasteiger partial charge on any atom is -0.325 e. The predicted octanol–water partition coefficient (Wildman–Crippen LogP) is 3.38. The Kier molecular flexibility index (Phi) is 4.86. The summed E-state index contributed by atoms with van der Waals surface area (Å²) in [6, 6.07) is 6.04.